The number of nitrogens with zero attached hydrogens (tertiary/aromatic N) is 4. The molecule has 3 heterocycles. The first-order chi connectivity index (χ1) is 16.9. The molecule has 1 fully saturated rings. The first-order valence-corrected chi connectivity index (χ1v) is 12.9. The van der Waals surface area contributed by atoms with Gasteiger partial charge in [0, 0.05) is 41.8 Å². The molecule has 0 unspecified atom stereocenters. The Morgan fingerprint density at radius 3 is 2.74 bits per heavy atom. The van der Waals surface area contributed by atoms with Crippen LogP contribution < -0.4 is 4.74 Å². The van der Waals surface area contributed by atoms with Crippen molar-refractivity contribution in [1.29, 1.82) is 0 Å². The zero-order valence-corrected chi connectivity index (χ0v) is 21.1. The summed E-state index contributed by atoms with van der Waals surface area (Å²) < 4.78 is 5.32. The number of fused-ring (bicyclic) bond motifs is 1. The molecule has 0 amide bonds. The molecule has 186 valence electrons. The minimum absolute atomic E-state index is 0.296. The number of aliphatic hydroxyl groups is 1. The fraction of sp³-hybridized carbons (Fsp3) is 0.440. The number of aromatic nitrogens is 3. The number of thioether (sulfide) groups is 1. The van der Waals surface area contributed by atoms with Crippen molar-refractivity contribution < 1.29 is 19.7 Å². The number of hydrogen-bond acceptors (Lipinski definition) is 8. The molecule has 35 heavy (non-hydrogen) atoms. The van der Waals surface area contributed by atoms with Crippen molar-refractivity contribution in [1.82, 2.24) is 19.9 Å². The van der Waals surface area contributed by atoms with Gasteiger partial charge in [0.05, 0.1) is 35.4 Å². The SMILES string of the molecule is COc1ccc2ncc(Cl)c([C@H](O)CCC3(C(=O)O)CCN(CCSc4cnccn4)CC3)c2c1. The number of piperidine rings is 1. The molecular formula is C25H29ClN4O4S. The Bertz CT molecular complexity index is 1160. The number of benzene rings is 1. The first kappa shape index (κ1) is 25.6. The van der Waals surface area contributed by atoms with Gasteiger partial charge in [0.1, 0.15) is 10.8 Å². The number of rotatable bonds is 10. The van der Waals surface area contributed by atoms with Gasteiger partial charge in [-0.15, -0.1) is 11.8 Å². The molecule has 0 spiro atoms. The van der Waals surface area contributed by atoms with Crippen LogP contribution >= 0.6 is 23.4 Å². The molecule has 2 aromatic heterocycles. The van der Waals surface area contributed by atoms with E-state index in [4.69, 9.17) is 16.3 Å². The van der Waals surface area contributed by atoms with E-state index < -0.39 is 17.5 Å². The van der Waals surface area contributed by atoms with Crippen molar-refractivity contribution in [3.8, 4) is 5.75 Å². The van der Waals surface area contributed by atoms with Crippen molar-refractivity contribution >= 4 is 40.2 Å². The van der Waals surface area contributed by atoms with E-state index in [-0.39, 0.29) is 0 Å². The average molecular weight is 517 g/mol. The Morgan fingerprint density at radius 2 is 2.06 bits per heavy atom. The average Bonchev–Trinajstić information content (AvgIpc) is 2.88. The number of methoxy groups -OCH3 is 1. The van der Waals surface area contributed by atoms with E-state index in [0.717, 1.165) is 17.3 Å². The van der Waals surface area contributed by atoms with Crippen molar-refractivity contribution in [2.24, 2.45) is 5.41 Å². The zero-order chi connectivity index (χ0) is 24.8. The lowest BCUT2D eigenvalue weighted by Gasteiger charge is -2.39. The van der Waals surface area contributed by atoms with Gasteiger partial charge in [0.15, 0.2) is 0 Å². The molecule has 1 aliphatic rings. The molecule has 0 radical (unpaired) electrons. The number of carboxylic acid groups (broad SMARTS) is 1. The normalized spacial score (nSPS) is 16.8. The summed E-state index contributed by atoms with van der Waals surface area (Å²) in [5.41, 5.74) is 0.405. The zero-order valence-electron chi connectivity index (χ0n) is 19.6. The topological polar surface area (TPSA) is 109 Å². The van der Waals surface area contributed by atoms with Crippen LogP contribution in [-0.2, 0) is 4.79 Å². The van der Waals surface area contributed by atoms with Crippen LogP contribution in [-0.4, -0.2) is 68.5 Å². The molecular weight excluding hydrogens is 488 g/mol. The summed E-state index contributed by atoms with van der Waals surface area (Å²) in [4.78, 5) is 27.3. The second-order valence-electron chi connectivity index (χ2n) is 8.78. The summed E-state index contributed by atoms with van der Waals surface area (Å²) in [5, 5.41) is 23.2. The number of hydrogen-bond donors (Lipinski definition) is 2. The summed E-state index contributed by atoms with van der Waals surface area (Å²) in [5.74, 6) is 0.710. The molecule has 0 saturated carbocycles. The number of pyridine rings is 1. The Kier molecular flexibility index (Phi) is 8.43. The minimum atomic E-state index is -0.905. The Balaban J connectivity index is 1.38. The van der Waals surface area contributed by atoms with Crippen molar-refractivity contribution in [2.75, 3.05) is 32.5 Å². The molecule has 8 nitrogen and oxygen atoms in total. The predicted molar refractivity (Wildman–Crippen MR) is 136 cm³/mol. The molecule has 0 aliphatic carbocycles. The summed E-state index contributed by atoms with van der Waals surface area (Å²) in [6.07, 6.45) is 7.46. The van der Waals surface area contributed by atoms with Gasteiger partial charge in [-0.05, 0) is 57.0 Å². The molecule has 1 aromatic carbocycles. The predicted octanol–water partition coefficient (Wildman–Crippen LogP) is 4.46. The number of likely N-dealkylation sites (tertiary alicyclic amines) is 1. The third kappa shape index (κ3) is 6.03. The minimum Gasteiger partial charge on any atom is -0.497 e. The highest BCUT2D eigenvalue weighted by Crippen LogP contribution is 2.41. The first-order valence-electron chi connectivity index (χ1n) is 11.6. The highest BCUT2D eigenvalue weighted by Gasteiger charge is 2.41. The summed E-state index contributed by atoms with van der Waals surface area (Å²) in [7, 11) is 1.58. The second-order valence-corrected chi connectivity index (χ2v) is 10.3. The molecule has 1 atom stereocenters. The van der Waals surface area contributed by atoms with Crippen LogP contribution in [0.5, 0.6) is 5.75 Å². The number of ether oxygens (including phenoxy) is 1. The highest BCUT2D eigenvalue weighted by atomic mass is 35.5. The van der Waals surface area contributed by atoms with Crippen LogP contribution in [0, 0.1) is 5.41 Å². The van der Waals surface area contributed by atoms with Gasteiger partial charge < -0.3 is 19.8 Å². The lowest BCUT2D eigenvalue weighted by atomic mass is 9.74. The van der Waals surface area contributed by atoms with Gasteiger partial charge in [-0.25, -0.2) is 4.98 Å². The fourth-order valence-corrected chi connectivity index (χ4v) is 5.71. The molecule has 2 N–H and O–H groups in total. The summed E-state index contributed by atoms with van der Waals surface area (Å²) in [6.45, 7) is 2.28. The maximum atomic E-state index is 12.3. The molecule has 1 aliphatic heterocycles. The summed E-state index contributed by atoms with van der Waals surface area (Å²) in [6, 6.07) is 5.42. The number of carboxylic acids is 1. The number of halogens is 1. The largest absolute Gasteiger partial charge is 0.497 e. The Morgan fingerprint density at radius 1 is 1.26 bits per heavy atom. The molecule has 3 aromatic rings. The lowest BCUT2D eigenvalue weighted by Crippen LogP contribution is -2.45. The van der Waals surface area contributed by atoms with E-state index in [9.17, 15) is 15.0 Å². The quantitative estimate of drug-likeness (QED) is 0.377. The van der Waals surface area contributed by atoms with Crippen molar-refractivity contribution in [3.63, 3.8) is 0 Å². The van der Waals surface area contributed by atoms with E-state index in [1.807, 2.05) is 6.07 Å². The number of aliphatic carboxylic acids is 1. The molecule has 0 bridgehead atoms. The maximum Gasteiger partial charge on any atom is 0.309 e. The maximum absolute atomic E-state index is 12.3. The van der Waals surface area contributed by atoms with Gasteiger partial charge in [0.25, 0.3) is 0 Å². The third-order valence-electron chi connectivity index (χ3n) is 6.76. The van der Waals surface area contributed by atoms with E-state index in [2.05, 4.69) is 19.9 Å². The van der Waals surface area contributed by atoms with Crippen LogP contribution in [0.1, 0.15) is 37.4 Å². The van der Waals surface area contributed by atoms with Crippen LogP contribution in [0.4, 0.5) is 0 Å². The lowest BCUT2D eigenvalue weighted by molar-refractivity contribution is -0.153. The van der Waals surface area contributed by atoms with Gasteiger partial charge in [-0.2, -0.15) is 0 Å². The van der Waals surface area contributed by atoms with E-state index >= 15 is 0 Å². The van der Waals surface area contributed by atoms with E-state index in [1.165, 1.54) is 6.20 Å². The number of aliphatic hydroxyl groups excluding tert-OH is 1. The smallest absolute Gasteiger partial charge is 0.309 e. The Labute approximate surface area is 213 Å². The van der Waals surface area contributed by atoms with Crippen molar-refractivity contribution in [2.45, 2.75) is 36.8 Å². The Hall–Kier alpha value is -2.46. The standard InChI is InChI=1S/C25H29ClN4O4S/c1-34-17-2-3-20-18(14-17)23(19(26)15-29-20)21(31)4-5-25(24(32)33)6-10-30(11-7-25)12-13-35-22-16-27-8-9-28-22/h2-3,8-9,14-16,21,31H,4-7,10-13H2,1H3,(H,32,33)/t21-/m1/s1. The third-order valence-corrected chi connectivity index (χ3v) is 7.96. The van der Waals surface area contributed by atoms with Gasteiger partial charge in [-0.3, -0.25) is 14.8 Å². The van der Waals surface area contributed by atoms with Gasteiger partial charge in [-0.1, -0.05) is 11.6 Å². The van der Waals surface area contributed by atoms with Crippen LogP contribution in [0.2, 0.25) is 5.02 Å². The summed E-state index contributed by atoms with van der Waals surface area (Å²) >= 11 is 8.07. The van der Waals surface area contributed by atoms with Crippen LogP contribution in [0.15, 0.2) is 48.0 Å². The van der Waals surface area contributed by atoms with Gasteiger partial charge >= 0.3 is 5.97 Å². The molecule has 1 saturated heterocycles. The van der Waals surface area contributed by atoms with Crippen LogP contribution in [0.3, 0.4) is 0 Å². The van der Waals surface area contributed by atoms with Gasteiger partial charge in [0.2, 0.25) is 0 Å². The highest BCUT2D eigenvalue weighted by molar-refractivity contribution is 7.99. The molecule has 10 heteroatoms. The number of carbonyl (C=O) groups is 1. The van der Waals surface area contributed by atoms with Crippen LogP contribution in [0.25, 0.3) is 10.9 Å². The van der Waals surface area contributed by atoms with E-state index in [1.54, 1.807) is 49.6 Å². The van der Waals surface area contributed by atoms with E-state index in [0.29, 0.717) is 66.0 Å². The van der Waals surface area contributed by atoms with Crippen molar-refractivity contribution in [3.05, 3.63) is 53.6 Å². The monoisotopic (exact) mass is 516 g/mol. The molecule has 4 rings (SSSR count). The fourth-order valence-electron chi connectivity index (χ4n) is 4.61. The second kappa shape index (κ2) is 11.5.